The molecular formula is C21H42O2. The molecule has 1 unspecified atom stereocenters. The van der Waals surface area contributed by atoms with E-state index < -0.39 is 0 Å². The zero-order valence-electron chi connectivity index (χ0n) is 16.2. The normalized spacial score (nSPS) is 12.3. The lowest BCUT2D eigenvalue weighted by molar-refractivity contribution is -0.149. The Hall–Kier alpha value is -0.530. The standard InChI is InChI=1S/C21H42O2/c1-4-7-9-11-12-13-14-15-17-19-21(22)23-20(6-3)18-16-10-8-5-2/h20H,4-19H2,1-3H3. The Balaban J connectivity index is 3.46. The maximum Gasteiger partial charge on any atom is 0.306 e. The van der Waals surface area contributed by atoms with Gasteiger partial charge in [-0.25, -0.2) is 0 Å². The summed E-state index contributed by atoms with van der Waals surface area (Å²) in [6, 6.07) is 0. The predicted molar refractivity (Wildman–Crippen MR) is 101 cm³/mol. The molecule has 0 bridgehead atoms. The van der Waals surface area contributed by atoms with Crippen molar-refractivity contribution in [2.24, 2.45) is 0 Å². The lowest BCUT2D eigenvalue weighted by Crippen LogP contribution is -2.17. The number of hydrogen-bond donors (Lipinski definition) is 0. The molecule has 0 aliphatic heterocycles. The van der Waals surface area contributed by atoms with E-state index in [4.69, 9.17) is 4.74 Å². The summed E-state index contributed by atoms with van der Waals surface area (Å²) < 4.78 is 5.61. The molecule has 0 spiro atoms. The summed E-state index contributed by atoms with van der Waals surface area (Å²) in [5.74, 6) is 0.0234. The number of esters is 1. The van der Waals surface area contributed by atoms with Crippen LogP contribution in [0.1, 0.15) is 124 Å². The highest BCUT2D eigenvalue weighted by molar-refractivity contribution is 5.69. The molecule has 1 atom stereocenters. The minimum absolute atomic E-state index is 0.0234. The second-order valence-corrected chi connectivity index (χ2v) is 6.95. The van der Waals surface area contributed by atoms with Gasteiger partial charge in [-0.3, -0.25) is 4.79 Å². The van der Waals surface area contributed by atoms with Gasteiger partial charge in [-0.05, 0) is 25.7 Å². The molecule has 0 saturated carbocycles. The zero-order valence-corrected chi connectivity index (χ0v) is 16.2. The van der Waals surface area contributed by atoms with E-state index >= 15 is 0 Å². The van der Waals surface area contributed by atoms with E-state index in [-0.39, 0.29) is 12.1 Å². The summed E-state index contributed by atoms with van der Waals surface area (Å²) in [6.07, 6.45) is 19.4. The predicted octanol–water partition coefficient (Wildman–Crippen LogP) is 7.20. The van der Waals surface area contributed by atoms with Crippen LogP contribution < -0.4 is 0 Å². The lowest BCUT2D eigenvalue weighted by Gasteiger charge is -2.16. The van der Waals surface area contributed by atoms with Crippen molar-refractivity contribution in [1.29, 1.82) is 0 Å². The second-order valence-electron chi connectivity index (χ2n) is 6.95. The Morgan fingerprint density at radius 2 is 1.17 bits per heavy atom. The van der Waals surface area contributed by atoms with Crippen molar-refractivity contribution in [2.45, 2.75) is 130 Å². The average Bonchev–Trinajstić information content (AvgIpc) is 2.56. The van der Waals surface area contributed by atoms with Crippen molar-refractivity contribution in [3.8, 4) is 0 Å². The summed E-state index contributed by atoms with van der Waals surface area (Å²) in [5, 5.41) is 0. The summed E-state index contributed by atoms with van der Waals surface area (Å²) in [4.78, 5) is 11.9. The van der Waals surface area contributed by atoms with Crippen molar-refractivity contribution in [1.82, 2.24) is 0 Å². The maximum absolute atomic E-state index is 11.9. The smallest absolute Gasteiger partial charge is 0.306 e. The highest BCUT2D eigenvalue weighted by atomic mass is 16.5. The summed E-state index contributed by atoms with van der Waals surface area (Å²) in [7, 11) is 0. The Morgan fingerprint density at radius 3 is 1.70 bits per heavy atom. The third-order valence-corrected chi connectivity index (χ3v) is 4.62. The summed E-state index contributed by atoms with van der Waals surface area (Å²) in [5.41, 5.74) is 0. The number of carbonyl (C=O) groups excluding carboxylic acids is 1. The Labute approximate surface area is 145 Å². The monoisotopic (exact) mass is 326 g/mol. The van der Waals surface area contributed by atoms with Gasteiger partial charge in [0.05, 0.1) is 0 Å². The van der Waals surface area contributed by atoms with Crippen LogP contribution in [-0.2, 0) is 9.53 Å². The number of ether oxygens (including phenoxy) is 1. The first-order valence-electron chi connectivity index (χ1n) is 10.4. The number of rotatable bonds is 17. The van der Waals surface area contributed by atoms with Crippen LogP contribution in [0.15, 0.2) is 0 Å². The molecule has 0 amide bonds. The first kappa shape index (κ1) is 22.5. The van der Waals surface area contributed by atoms with Crippen LogP contribution in [0.25, 0.3) is 0 Å². The Morgan fingerprint density at radius 1 is 0.696 bits per heavy atom. The third-order valence-electron chi connectivity index (χ3n) is 4.62. The van der Waals surface area contributed by atoms with Crippen molar-refractivity contribution >= 4 is 5.97 Å². The molecule has 23 heavy (non-hydrogen) atoms. The first-order chi connectivity index (χ1) is 11.2. The van der Waals surface area contributed by atoms with E-state index in [1.54, 1.807) is 0 Å². The van der Waals surface area contributed by atoms with Gasteiger partial charge in [0.2, 0.25) is 0 Å². The minimum Gasteiger partial charge on any atom is -0.462 e. The van der Waals surface area contributed by atoms with Crippen LogP contribution in [0.4, 0.5) is 0 Å². The van der Waals surface area contributed by atoms with Gasteiger partial charge in [0.15, 0.2) is 0 Å². The largest absolute Gasteiger partial charge is 0.462 e. The highest BCUT2D eigenvalue weighted by Gasteiger charge is 2.11. The summed E-state index contributed by atoms with van der Waals surface area (Å²) >= 11 is 0. The molecule has 0 aliphatic carbocycles. The number of carbonyl (C=O) groups is 1. The van der Waals surface area contributed by atoms with Gasteiger partial charge in [0, 0.05) is 6.42 Å². The molecular weight excluding hydrogens is 284 g/mol. The molecule has 0 aliphatic rings. The van der Waals surface area contributed by atoms with Crippen molar-refractivity contribution in [3.05, 3.63) is 0 Å². The molecule has 0 N–H and O–H groups in total. The fourth-order valence-electron chi connectivity index (χ4n) is 2.97. The van der Waals surface area contributed by atoms with E-state index in [2.05, 4.69) is 20.8 Å². The van der Waals surface area contributed by atoms with Gasteiger partial charge in [-0.15, -0.1) is 0 Å². The maximum atomic E-state index is 11.9. The molecule has 0 heterocycles. The Bertz CT molecular complexity index is 250. The molecule has 0 aromatic rings. The van der Waals surface area contributed by atoms with E-state index in [1.807, 2.05) is 0 Å². The molecule has 0 saturated heterocycles. The fraction of sp³-hybridized carbons (Fsp3) is 0.952. The van der Waals surface area contributed by atoms with Crippen LogP contribution in [-0.4, -0.2) is 12.1 Å². The van der Waals surface area contributed by atoms with Gasteiger partial charge in [-0.1, -0.05) is 91.4 Å². The zero-order chi connectivity index (χ0) is 17.2. The van der Waals surface area contributed by atoms with E-state index in [0.717, 1.165) is 19.3 Å². The van der Waals surface area contributed by atoms with Crippen LogP contribution in [0, 0.1) is 0 Å². The number of unbranched alkanes of at least 4 members (excludes halogenated alkanes) is 11. The quantitative estimate of drug-likeness (QED) is 0.209. The van der Waals surface area contributed by atoms with Crippen LogP contribution >= 0.6 is 0 Å². The SMILES string of the molecule is CCCCCCCCCCCC(=O)OC(CC)CCCCCC. The molecule has 0 aromatic heterocycles. The van der Waals surface area contributed by atoms with E-state index in [0.29, 0.717) is 6.42 Å². The third kappa shape index (κ3) is 16.1. The highest BCUT2D eigenvalue weighted by Crippen LogP contribution is 2.14. The van der Waals surface area contributed by atoms with Gasteiger partial charge in [0.25, 0.3) is 0 Å². The topological polar surface area (TPSA) is 26.3 Å². The van der Waals surface area contributed by atoms with Crippen LogP contribution in [0.2, 0.25) is 0 Å². The molecule has 2 nitrogen and oxygen atoms in total. The van der Waals surface area contributed by atoms with Crippen molar-refractivity contribution < 1.29 is 9.53 Å². The first-order valence-corrected chi connectivity index (χ1v) is 10.4. The summed E-state index contributed by atoms with van der Waals surface area (Å²) in [6.45, 7) is 6.60. The molecule has 0 radical (unpaired) electrons. The van der Waals surface area contributed by atoms with Crippen molar-refractivity contribution in [3.63, 3.8) is 0 Å². The van der Waals surface area contributed by atoms with Crippen LogP contribution in [0.5, 0.6) is 0 Å². The Kier molecular flexibility index (Phi) is 17.4. The molecule has 2 heteroatoms. The van der Waals surface area contributed by atoms with E-state index in [9.17, 15) is 4.79 Å². The van der Waals surface area contributed by atoms with Gasteiger partial charge in [-0.2, -0.15) is 0 Å². The van der Waals surface area contributed by atoms with Gasteiger partial charge in [0.1, 0.15) is 6.10 Å². The molecule has 0 rings (SSSR count). The van der Waals surface area contributed by atoms with Gasteiger partial charge >= 0.3 is 5.97 Å². The van der Waals surface area contributed by atoms with Crippen LogP contribution in [0.3, 0.4) is 0 Å². The van der Waals surface area contributed by atoms with E-state index in [1.165, 1.54) is 77.0 Å². The average molecular weight is 327 g/mol. The molecule has 138 valence electrons. The minimum atomic E-state index is 0.0234. The number of hydrogen-bond acceptors (Lipinski definition) is 2. The molecule has 0 fully saturated rings. The van der Waals surface area contributed by atoms with Crippen molar-refractivity contribution in [2.75, 3.05) is 0 Å². The second kappa shape index (κ2) is 17.8. The molecule has 0 aromatic carbocycles. The fourth-order valence-corrected chi connectivity index (χ4v) is 2.97. The lowest BCUT2D eigenvalue weighted by atomic mass is 10.1. The van der Waals surface area contributed by atoms with Gasteiger partial charge < -0.3 is 4.74 Å².